The zero-order valence-electron chi connectivity index (χ0n) is 18.1. The van der Waals surface area contributed by atoms with Crippen LogP contribution in [0.2, 0.25) is 0 Å². The van der Waals surface area contributed by atoms with Crippen LogP contribution in [0.3, 0.4) is 0 Å². The van der Waals surface area contributed by atoms with Gasteiger partial charge < -0.3 is 9.47 Å². The van der Waals surface area contributed by atoms with Crippen molar-refractivity contribution in [3.63, 3.8) is 0 Å². The number of carbonyl (C=O) groups is 1. The fourth-order valence-electron chi connectivity index (χ4n) is 4.44. The maximum atomic E-state index is 13.4. The molecule has 6 nitrogen and oxygen atoms in total. The van der Waals surface area contributed by atoms with Crippen molar-refractivity contribution in [2.45, 2.75) is 25.7 Å². The van der Waals surface area contributed by atoms with Gasteiger partial charge in [-0.05, 0) is 54.7 Å². The van der Waals surface area contributed by atoms with E-state index in [-0.39, 0.29) is 17.5 Å². The van der Waals surface area contributed by atoms with Crippen molar-refractivity contribution in [1.29, 1.82) is 0 Å². The molecule has 0 N–H and O–H groups in total. The maximum Gasteiger partial charge on any atom is 0.166 e. The largest absolute Gasteiger partial charge is 0.493 e. The molecule has 0 saturated heterocycles. The Labute approximate surface area is 184 Å². The molecule has 1 atom stereocenters. The highest BCUT2D eigenvalue weighted by Crippen LogP contribution is 2.37. The number of halogens is 1. The van der Waals surface area contributed by atoms with Crippen molar-refractivity contribution in [2.24, 2.45) is 0 Å². The van der Waals surface area contributed by atoms with Crippen molar-refractivity contribution in [3.8, 4) is 22.6 Å². The number of aryl methyl sites for hydroxylation is 1. The third kappa shape index (κ3) is 3.30. The Hall–Kier alpha value is -3.74. The first-order valence-corrected chi connectivity index (χ1v) is 10.4. The van der Waals surface area contributed by atoms with Crippen LogP contribution in [-0.4, -0.2) is 34.6 Å². The van der Waals surface area contributed by atoms with E-state index in [1.165, 1.54) is 12.1 Å². The molecule has 0 amide bonds. The number of aromatic nitrogens is 3. The molecule has 1 unspecified atom stereocenters. The molecule has 5 rings (SSSR count). The molecule has 2 heterocycles. The van der Waals surface area contributed by atoms with E-state index in [2.05, 4.69) is 5.10 Å². The van der Waals surface area contributed by atoms with Gasteiger partial charge in [-0.2, -0.15) is 5.10 Å². The number of methoxy groups -OCH3 is 2. The summed E-state index contributed by atoms with van der Waals surface area (Å²) in [6.45, 7) is 1.89. The molecule has 7 heteroatoms. The smallest absolute Gasteiger partial charge is 0.166 e. The second-order valence-electron chi connectivity index (χ2n) is 7.98. The molecule has 0 aliphatic heterocycles. The molecule has 0 spiro atoms. The van der Waals surface area contributed by atoms with Crippen LogP contribution in [0, 0.1) is 12.7 Å². The van der Waals surface area contributed by atoms with Gasteiger partial charge in [0.2, 0.25) is 0 Å². The first-order chi connectivity index (χ1) is 15.5. The van der Waals surface area contributed by atoms with Gasteiger partial charge in [0, 0.05) is 18.2 Å². The Balaban J connectivity index is 1.58. The highest BCUT2D eigenvalue weighted by molar-refractivity contribution is 5.99. The number of carbonyl (C=O) groups excluding carboxylic acids is 1. The highest BCUT2D eigenvalue weighted by Gasteiger charge is 2.29. The molecule has 32 heavy (non-hydrogen) atoms. The van der Waals surface area contributed by atoms with E-state index in [0.717, 1.165) is 28.1 Å². The summed E-state index contributed by atoms with van der Waals surface area (Å²) in [5, 5.41) is 4.55. The summed E-state index contributed by atoms with van der Waals surface area (Å²) >= 11 is 0. The quantitative estimate of drug-likeness (QED) is 0.466. The van der Waals surface area contributed by atoms with E-state index in [1.54, 1.807) is 37.1 Å². The minimum absolute atomic E-state index is 0.0111. The van der Waals surface area contributed by atoms with Gasteiger partial charge in [0.25, 0.3) is 0 Å². The Morgan fingerprint density at radius 3 is 2.50 bits per heavy atom. The van der Waals surface area contributed by atoms with Crippen LogP contribution in [0.1, 0.15) is 39.6 Å². The topological polar surface area (TPSA) is 65.7 Å². The second-order valence-corrected chi connectivity index (χ2v) is 7.98. The van der Waals surface area contributed by atoms with Gasteiger partial charge in [0.1, 0.15) is 5.82 Å². The number of benzene rings is 2. The minimum Gasteiger partial charge on any atom is -0.493 e. The van der Waals surface area contributed by atoms with Crippen LogP contribution in [0.15, 0.2) is 48.7 Å². The molecule has 1 aliphatic carbocycles. The monoisotopic (exact) mass is 431 g/mol. The first-order valence-electron chi connectivity index (χ1n) is 10.4. The van der Waals surface area contributed by atoms with Gasteiger partial charge in [-0.15, -0.1) is 0 Å². The molecule has 4 aromatic rings. The van der Waals surface area contributed by atoms with E-state index in [9.17, 15) is 9.18 Å². The van der Waals surface area contributed by atoms with Crippen LogP contribution >= 0.6 is 0 Å². The van der Waals surface area contributed by atoms with Crippen LogP contribution in [0.25, 0.3) is 16.8 Å². The number of hydrogen-bond acceptors (Lipinski definition) is 5. The number of nitrogens with zero attached hydrogens (tertiary/aromatic N) is 3. The Morgan fingerprint density at radius 2 is 1.78 bits per heavy atom. The van der Waals surface area contributed by atoms with Crippen LogP contribution in [0.4, 0.5) is 4.39 Å². The van der Waals surface area contributed by atoms with Crippen LogP contribution in [0.5, 0.6) is 11.5 Å². The van der Waals surface area contributed by atoms with E-state index in [4.69, 9.17) is 14.5 Å². The lowest BCUT2D eigenvalue weighted by atomic mass is 9.82. The van der Waals surface area contributed by atoms with E-state index < -0.39 is 0 Å². The summed E-state index contributed by atoms with van der Waals surface area (Å²) in [5.74, 6) is 1.02. The van der Waals surface area contributed by atoms with Gasteiger partial charge in [-0.1, -0.05) is 18.2 Å². The molecular weight excluding hydrogens is 409 g/mol. The summed E-state index contributed by atoms with van der Waals surface area (Å²) in [5.41, 5.74) is 5.47. The van der Waals surface area contributed by atoms with Gasteiger partial charge >= 0.3 is 0 Å². The summed E-state index contributed by atoms with van der Waals surface area (Å²) in [4.78, 5) is 17.9. The van der Waals surface area contributed by atoms with Gasteiger partial charge in [-0.25, -0.2) is 13.9 Å². The molecule has 0 saturated carbocycles. The number of ether oxygens (including phenoxy) is 2. The van der Waals surface area contributed by atoms with Gasteiger partial charge in [0.05, 0.1) is 31.2 Å². The lowest BCUT2D eigenvalue weighted by Crippen LogP contribution is -2.21. The highest BCUT2D eigenvalue weighted by atomic mass is 19.1. The standard InChI is InChI=1S/C25H22FN3O3/c1-14-24(15-4-7-18(26)8-5-15)25-27-20-10-17(11-21(30)19(20)13-29(25)28-14)16-6-9-22(31-2)23(12-16)32-3/h4-9,12-13,17H,10-11H2,1-3H3. The average molecular weight is 431 g/mol. The van der Waals surface area contributed by atoms with E-state index in [1.807, 2.05) is 25.1 Å². The summed E-state index contributed by atoms with van der Waals surface area (Å²) < 4.78 is 25.8. The lowest BCUT2D eigenvalue weighted by Gasteiger charge is -2.24. The van der Waals surface area contributed by atoms with Crippen molar-refractivity contribution in [1.82, 2.24) is 14.6 Å². The average Bonchev–Trinajstić information content (AvgIpc) is 3.12. The fraction of sp³-hybridized carbons (Fsp3) is 0.240. The second kappa shape index (κ2) is 7.75. The summed E-state index contributed by atoms with van der Waals surface area (Å²) in [6.07, 6.45) is 2.78. The molecule has 0 bridgehead atoms. The van der Waals surface area contributed by atoms with Crippen molar-refractivity contribution in [2.75, 3.05) is 14.2 Å². The molecule has 2 aromatic carbocycles. The molecule has 162 valence electrons. The molecular formula is C25H22FN3O3. The number of ketones is 1. The molecule has 2 aromatic heterocycles. The minimum atomic E-state index is -0.295. The molecule has 1 aliphatic rings. The third-order valence-electron chi connectivity index (χ3n) is 6.05. The van der Waals surface area contributed by atoms with Crippen LogP contribution < -0.4 is 9.47 Å². The Morgan fingerprint density at radius 1 is 1.03 bits per heavy atom. The molecule has 0 radical (unpaired) electrons. The zero-order chi connectivity index (χ0) is 22.4. The predicted molar refractivity (Wildman–Crippen MR) is 118 cm³/mol. The number of hydrogen-bond donors (Lipinski definition) is 0. The zero-order valence-corrected chi connectivity index (χ0v) is 18.1. The predicted octanol–water partition coefficient (Wildman–Crippen LogP) is 4.77. The summed E-state index contributed by atoms with van der Waals surface area (Å²) in [6, 6.07) is 12.0. The van der Waals surface area contributed by atoms with Crippen molar-refractivity contribution < 1.29 is 18.7 Å². The van der Waals surface area contributed by atoms with Crippen LogP contribution in [-0.2, 0) is 6.42 Å². The number of Topliss-reactive ketones (excluding diaryl/α,β-unsaturated/α-hetero) is 1. The van der Waals surface area contributed by atoms with Gasteiger partial charge in [-0.3, -0.25) is 4.79 Å². The van der Waals surface area contributed by atoms with Crippen molar-refractivity contribution in [3.05, 3.63) is 77.0 Å². The Bertz CT molecular complexity index is 1350. The number of rotatable bonds is 4. The first kappa shape index (κ1) is 20.2. The Kier molecular flexibility index (Phi) is 4.89. The number of fused-ring (bicyclic) bond motifs is 2. The SMILES string of the molecule is COc1ccc(C2CC(=O)c3cn4nc(C)c(-c5ccc(F)cc5)c4nc3C2)cc1OC. The molecule has 0 fully saturated rings. The van der Waals surface area contributed by atoms with E-state index in [0.29, 0.717) is 35.6 Å². The fourth-order valence-corrected chi connectivity index (χ4v) is 4.44. The lowest BCUT2D eigenvalue weighted by molar-refractivity contribution is 0.0962. The van der Waals surface area contributed by atoms with Crippen molar-refractivity contribution >= 4 is 11.4 Å². The van der Waals surface area contributed by atoms with Gasteiger partial charge in [0.15, 0.2) is 22.9 Å². The summed E-state index contributed by atoms with van der Waals surface area (Å²) in [7, 11) is 3.19. The maximum absolute atomic E-state index is 13.4. The third-order valence-corrected chi connectivity index (χ3v) is 6.05. The van der Waals surface area contributed by atoms with E-state index >= 15 is 0 Å². The normalized spacial score (nSPS) is 15.6.